The zero-order valence-electron chi connectivity index (χ0n) is 16.6. The number of anilines is 2. The number of thiazole rings is 1. The first kappa shape index (κ1) is 20.3. The molecule has 0 radical (unpaired) electrons. The summed E-state index contributed by atoms with van der Waals surface area (Å²) in [6.07, 6.45) is 2.04. The quantitative estimate of drug-likeness (QED) is 0.263. The van der Waals surface area contributed by atoms with Crippen LogP contribution in [0, 0.1) is 0 Å². The topological polar surface area (TPSA) is 111 Å². The van der Waals surface area contributed by atoms with Crippen LogP contribution >= 0.6 is 22.9 Å². The second-order valence-electron chi connectivity index (χ2n) is 7.31. The molecular weight excluding hydrogens is 448 g/mol. The number of pyridine rings is 1. The Kier molecular flexibility index (Phi) is 5.16. The van der Waals surface area contributed by atoms with Crippen LogP contribution in [-0.4, -0.2) is 26.0 Å². The molecule has 4 N–H and O–H groups in total. The Morgan fingerprint density at radius 2 is 2.06 bits per heavy atom. The highest BCUT2D eigenvalue weighted by molar-refractivity contribution is 7.14. The molecule has 7 nitrogen and oxygen atoms in total. The summed E-state index contributed by atoms with van der Waals surface area (Å²) in [5.41, 5.74) is 4.15. The number of halogens is 1. The summed E-state index contributed by atoms with van der Waals surface area (Å²) in [6.45, 7) is 0. The van der Waals surface area contributed by atoms with E-state index < -0.39 is 5.97 Å². The van der Waals surface area contributed by atoms with Crippen LogP contribution in [0.5, 0.6) is 0 Å². The van der Waals surface area contributed by atoms with Crippen LogP contribution in [0.3, 0.4) is 0 Å². The van der Waals surface area contributed by atoms with Gasteiger partial charge in [0.1, 0.15) is 5.52 Å². The number of carboxylic acid groups (broad SMARTS) is 1. The first-order valence-electron chi connectivity index (χ1n) is 9.85. The molecule has 0 amide bonds. The SMILES string of the molecule is O=C(O)CCc1c[nH]c2c(=O)[nH]c3ccc(-c4csc(Nc5ccccc5Cl)n4)cc3c12. The van der Waals surface area contributed by atoms with Crippen molar-refractivity contribution in [1.29, 1.82) is 0 Å². The van der Waals surface area contributed by atoms with Gasteiger partial charge in [-0.15, -0.1) is 11.3 Å². The number of H-pyrrole nitrogens is 2. The Morgan fingerprint density at radius 1 is 1.22 bits per heavy atom. The van der Waals surface area contributed by atoms with Crippen molar-refractivity contribution in [1.82, 2.24) is 15.0 Å². The van der Waals surface area contributed by atoms with Gasteiger partial charge in [0, 0.05) is 39.9 Å². The minimum absolute atomic E-state index is 0.00982. The highest BCUT2D eigenvalue weighted by Crippen LogP contribution is 2.33. The minimum atomic E-state index is -0.879. The fourth-order valence-corrected chi connectivity index (χ4v) is 4.65. The van der Waals surface area contributed by atoms with E-state index in [9.17, 15) is 9.59 Å². The standard InChI is InChI=1S/C23H17ClN4O3S/c24-15-3-1-2-4-17(15)27-23-28-18(11-32-23)12-5-7-16-14(9-12)20-13(6-8-19(29)30)10-25-21(20)22(31)26-16/h1-5,7,9-11,25H,6,8H2,(H,26,31)(H,27,28)(H,29,30). The van der Waals surface area contributed by atoms with Gasteiger partial charge in [0.15, 0.2) is 5.13 Å². The van der Waals surface area contributed by atoms with E-state index in [0.29, 0.717) is 27.6 Å². The van der Waals surface area contributed by atoms with E-state index >= 15 is 0 Å². The van der Waals surface area contributed by atoms with Crippen LogP contribution in [0.2, 0.25) is 5.02 Å². The number of rotatable bonds is 6. The Labute approximate surface area is 190 Å². The lowest BCUT2D eigenvalue weighted by atomic mass is 10.0. The summed E-state index contributed by atoms with van der Waals surface area (Å²) < 4.78 is 0. The maximum atomic E-state index is 12.5. The van der Waals surface area contributed by atoms with E-state index in [4.69, 9.17) is 16.7 Å². The van der Waals surface area contributed by atoms with Crippen molar-refractivity contribution in [3.05, 3.63) is 75.0 Å². The third-order valence-electron chi connectivity index (χ3n) is 5.25. The van der Waals surface area contributed by atoms with Gasteiger partial charge in [0.2, 0.25) is 0 Å². The van der Waals surface area contributed by atoms with Crippen molar-refractivity contribution in [3.8, 4) is 11.3 Å². The molecule has 3 heterocycles. The van der Waals surface area contributed by atoms with Gasteiger partial charge in [-0.25, -0.2) is 4.98 Å². The molecule has 0 saturated heterocycles. The highest BCUT2D eigenvalue weighted by Gasteiger charge is 2.14. The largest absolute Gasteiger partial charge is 0.481 e. The van der Waals surface area contributed by atoms with Crippen LogP contribution in [0.1, 0.15) is 12.0 Å². The van der Waals surface area contributed by atoms with Gasteiger partial charge in [-0.2, -0.15) is 0 Å². The summed E-state index contributed by atoms with van der Waals surface area (Å²) in [5.74, 6) is -0.879. The minimum Gasteiger partial charge on any atom is -0.481 e. The van der Waals surface area contributed by atoms with Gasteiger partial charge in [-0.3, -0.25) is 9.59 Å². The average molecular weight is 465 g/mol. The molecule has 0 aliphatic heterocycles. The molecule has 0 fully saturated rings. The van der Waals surface area contributed by atoms with Crippen LogP contribution in [0.15, 0.2) is 58.8 Å². The number of benzene rings is 2. The zero-order chi connectivity index (χ0) is 22.2. The van der Waals surface area contributed by atoms with Gasteiger partial charge < -0.3 is 20.4 Å². The van der Waals surface area contributed by atoms with Crippen LogP contribution in [0.4, 0.5) is 10.8 Å². The summed E-state index contributed by atoms with van der Waals surface area (Å²) in [7, 11) is 0. The number of hydrogen-bond acceptors (Lipinski definition) is 5. The van der Waals surface area contributed by atoms with Gasteiger partial charge in [0.25, 0.3) is 5.56 Å². The molecule has 9 heteroatoms. The number of aromatic nitrogens is 3. The van der Waals surface area contributed by atoms with E-state index in [1.54, 1.807) is 6.20 Å². The maximum absolute atomic E-state index is 12.5. The lowest BCUT2D eigenvalue weighted by molar-refractivity contribution is -0.136. The number of nitrogens with zero attached hydrogens (tertiary/aromatic N) is 1. The highest BCUT2D eigenvalue weighted by atomic mass is 35.5. The van der Waals surface area contributed by atoms with Crippen LogP contribution in [0.25, 0.3) is 33.1 Å². The molecule has 0 spiro atoms. The second kappa shape index (κ2) is 8.14. The number of aryl methyl sites for hydroxylation is 1. The maximum Gasteiger partial charge on any atom is 0.303 e. The average Bonchev–Trinajstić information content (AvgIpc) is 3.42. The smallest absolute Gasteiger partial charge is 0.303 e. The molecule has 0 bridgehead atoms. The Hall–Kier alpha value is -3.62. The molecule has 0 atom stereocenters. The van der Waals surface area contributed by atoms with Gasteiger partial charge in [0.05, 0.1) is 16.4 Å². The number of para-hydroxylation sites is 1. The number of fused-ring (bicyclic) bond motifs is 3. The van der Waals surface area contributed by atoms with Gasteiger partial charge in [-0.1, -0.05) is 29.8 Å². The Balaban J connectivity index is 1.56. The molecule has 0 saturated carbocycles. The van der Waals surface area contributed by atoms with Crippen molar-refractivity contribution in [2.45, 2.75) is 12.8 Å². The lowest BCUT2D eigenvalue weighted by Gasteiger charge is -2.06. The normalized spacial score (nSPS) is 11.3. The molecule has 0 aliphatic rings. The number of aromatic amines is 2. The van der Waals surface area contributed by atoms with E-state index in [0.717, 1.165) is 33.3 Å². The molecule has 5 rings (SSSR count). The molecule has 5 aromatic rings. The van der Waals surface area contributed by atoms with Crippen molar-refractivity contribution in [2.24, 2.45) is 0 Å². The summed E-state index contributed by atoms with van der Waals surface area (Å²) in [5, 5.41) is 17.2. The Bertz CT molecular complexity index is 1540. The number of hydrogen-bond donors (Lipinski definition) is 4. The van der Waals surface area contributed by atoms with E-state index in [1.165, 1.54) is 11.3 Å². The van der Waals surface area contributed by atoms with Crippen molar-refractivity contribution < 1.29 is 9.90 Å². The summed E-state index contributed by atoms with van der Waals surface area (Å²) in [6, 6.07) is 13.2. The number of carboxylic acids is 1. The zero-order valence-corrected chi connectivity index (χ0v) is 18.2. The van der Waals surface area contributed by atoms with Gasteiger partial charge >= 0.3 is 5.97 Å². The summed E-state index contributed by atoms with van der Waals surface area (Å²) in [4.78, 5) is 34.1. The molecular formula is C23H17ClN4O3S. The number of aliphatic carboxylic acids is 1. The summed E-state index contributed by atoms with van der Waals surface area (Å²) >= 11 is 7.69. The molecule has 3 aromatic heterocycles. The van der Waals surface area contributed by atoms with Crippen molar-refractivity contribution in [3.63, 3.8) is 0 Å². The van der Waals surface area contributed by atoms with E-state index in [1.807, 2.05) is 47.8 Å². The molecule has 160 valence electrons. The first-order valence-corrected chi connectivity index (χ1v) is 11.1. The van der Waals surface area contributed by atoms with Crippen LogP contribution in [-0.2, 0) is 11.2 Å². The molecule has 0 aliphatic carbocycles. The van der Waals surface area contributed by atoms with Crippen molar-refractivity contribution in [2.75, 3.05) is 5.32 Å². The first-order chi connectivity index (χ1) is 15.5. The second-order valence-corrected chi connectivity index (χ2v) is 8.58. The van der Waals surface area contributed by atoms with Crippen molar-refractivity contribution >= 4 is 61.5 Å². The van der Waals surface area contributed by atoms with E-state index in [2.05, 4.69) is 20.3 Å². The predicted octanol–water partition coefficient (Wildman–Crippen LogP) is 5.55. The third-order valence-corrected chi connectivity index (χ3v) is 6.34. The fourth-order valence-electron chi connectivity index (χ4n) is 3.74. The predicted molar refractivity (Wildman–Crippen MR) is 128 cm³/mol. The van der Waals surface area contributed by atoms with E-state index in [-0.39, 0.29) is 12.0 Å². The number of nitrogens with one attached hydrogen (secondary N) is 3. The van der Waals surface area contributed by atoms with Crippen LogP contribution < -0.4 is 10.9 Å². The molecule has 2 aromatic carbocycles. The Morgan fingerprint density at radius 3 is 2.88 bits per heavy atom. The molecule has 32 heavy (non-hydrogen) atoms. The monoisotopic (exact) mass is 464 g/mol. The lowest BCUT2D eigenvalue weighted by Crippen LogP contribution is -2.06. The van der Waals surface area contributed by atoms with Gasteiger partial charge in [-0.05, 0) is 36.2 Å². The fraction of sp³-hybridized carbons (Fsp3) is 0.0870. The number of carbonyl (C=O) groups is 1. The molecule has 0 unspecified atom stereocenters. The third kappa shape index (κ3) is 3.74.